The lowest BCUT2D eigenvalue weighted by Crippen LogP contribution is -2.31. The Labute approximate surface area is 163 Å². The fourth-order valence-electron chi connectivity index (χ4n) is 3.85. The fourth-order valence-corrected chi connectivity index (χ4v) is 3.85. The van der Waals surface area contributed by atoms with Crippen LogP contribution in [0.4, 0.5) is 0 Å². The van der Waals surface area contributed by atoms with Crippen molar-refractivity contribution < 1.29 is 9.32 Å². The lowest BCUT2D eigenvalue weighted by Gasteiger charge is -2.24. The molecule has 1 atom stereocenters. The zero-order chi connectivity index (χ0) is 19.5. The summed E-state index contributed by atoms with van der Waals surface area (Å²) in [7, 11) is 0. The second-order valence-electron chi connectivity index (χ2n) is 7.15. The Hall–Kier alpha value is -3.03. The number of nitrogens with zero attached hydrogens (tertiary/aromatic N) is 6. The monoisotopic (exact) mass is 380 g/mol. The first-order chi connectivity index (χ1) is 13.6. The van der Waals surface area contributed by atoms with Crippen LogP contribution in [0.25, 0.3) is 11.3 Å². The van der Waals surface area contributed by atoms with Gasteiger partial charge in [0.05, 0.1) is 41.1 Å². The fraction of sp³-hybridized carbons (Fsp3) is 0.450. The molecule has 0 bridgehead atoms. The molecule has 0 aliphatic carbocycles. The maximum Gasteiger partial charge on any atom is 0.223 e. The largest absolute Gasteiger partial charge is 0.361 e. The van der Waals surface area contributed by atoms with E-state index in [0.29, 0.717) is 6.42 Å². The van der Waals surface area contributed by atoms with Gasteiger partial charge in [-0.15, -0.1) is 0 Å². The van der Waals surface area contributed by atoms with Crippen LogP contribution in [-0.2, 0) is 11.3 Å². The van der Waals surface area contributed by atoms with Gasteiger partial charge in [0, 0.05) is 31.9 Å². The minimum absolute atomic E-state index is 0.0230. The molecule has 0 N–H and O–H groups in total. The molecule has 0 saturated carbocycles. The smallest absolute Gasteiger partial charge is 0.223 e. The zero-order valence-electron chi connectivity index (χ0n) is 16.2. The van der Waals surface area contributed by atoms with Gasteiger partial charge in [-0.2, -0.15) is 5.10 Å². The highest BCUT2D eigenvalue weighted by Gasteiger charge is 2.31. The first-order valence-corrected chi connectivity index (χ1v) is 9.65. The van der Waals surface area contributed by atoms with Crippen LogP contribution in [0.15, 0.2) is 35.4 Å². The summed E-state index contributed by atoms with van der Waals surface area (Å²) in [4.78, 5) is 23.9. The van der Waals surface area contributed by atoms with Crippen molar-refractivity contribution in [2.45, 2.75) is 52.1 Å². The number of carbonyl (C=O) groups is 1. The van der Waals surface area contributed by atoms with Crippen LogP contribution in [0, 0.1) is 13.8 Å². The Kier molecular flexibility index (Phi) is 5.18. The van der Waals surface area contributed by atoms with Gasteiger partial charge in [0.25, 0.3) is 0 Å². The van der Waals surface area contributed by atoms with Crippen molar-refractivity contribution in [3.05, 3.63) is 48.0 Å². The summed E-state index contributed by atoms with van der Waals surface area (Å²) in [6.45, 7) is 5.28. The molecule has 0 aromatic carbocycles. The van der Waals surface area contributed by atoms with E-state index in [1.54, 1.807) is 18.6 Å². The molecule has 3 aromatic heterocycles. The number of rotatable bonds is 6. The van der Waals surface area contributed by atoms with Crippen molar-refractivity contribution in [2.75, 3.05) is 6.54 Å². The summed E-state index contributed by atoms with van der Waals surface area (Å²) < 4.78 is 7.11. The first kappa shape index (κ1) is 18.3. The molecule has 3 aromatic rings. The highest BCUT2D eigenvalue weighted by molar-refractivity contribution is 5.77. The second kappa shape index (κ2) is 7.92. The quantitative estimate of drug-likeness (QED) is 0.653. The van der Waals surface area contributed by atoms with E-state index in [-0.39, 0.29) is 11.9 Å². The van der Waals surface area contributed by atoms with Crippen LogP contribution in [0.3, 0.4) is 0 Å². The Morgan fingerprint density at radius 2 is 2.21 bits per heavy atom. The van der Waals surface area contributed by atoms with Crippen LogP contribution in [0.2, 0.25) is 0 Å². The number of aryl methyl sites for hydroxylation is 3. The number of carbonyl (C=O) groups excluding carboxylic acids is 1. The van der Waals surface area contributed by atoms with Crippen LogP contribution in [0.1, 0.15) is 48.9 Å². The van der Waals surface area contributed by atoms with Crippen molar-refractivity contribution in [3.63, 3.8) is 0 Å². The molecule has 28 heavy (non-hydrogen) atoms. The maximum absolute atomic E-state index is 12.8. The van der Waals surface area contributed by atoms with Crippen LogP contribution in [0.5, 0.6) is 0 Å². The summed E-state index contributed by atoms with van der Waals surface area (Å²) in [5.41, 5.74) is 3.24. The van der Waals surface area contributed by atoms with Gasteiger partial charge in [-0.3, -0.25) is 14.5 Å². The minimum atomic E-state index is -0.0230. The molecule has 4 heterocycles. The van der Waals surface area contributed by atoms with Gasteiger partial charge in [0.2, 0.25) is 5.91 Å². The summed E-state index contributed by atoms with van der Waals surface area (Å²) in [6, 6.07) is 1.87. The molecule has 1 saturated heterocycles. The summed E-state index contributed by atoms with van der Waals surface area (Å²) in [5, 5.41) is 8.19. The first-order valence-electron chi connectivity index (χ1n) is 9.65. The highest BCUT2D eigenvalue weighted by atomic mass is 16.5. The van der Waals surface area contributed by atoms with Gasteiger partial charge in [-0.25, -0.2) is 4.98 Å². The normalized spacial score (nSPS) is 16.6. The molecule has 146 valence electrons. The lowest BCUT2D eigenvalue weighted by atomic mass is 10.1. The molecule has 8 nitrogen and oxygen atoms in total. The molecule has 1 unspecified atom stereocenters. The van der Waals surface area contributed by atoms with E-state index in [2.05, 4.69) is 15.2 Å². The molecule has 4 rings (SSSR count). The number of hydrogen-bond donors (Lipinski definition) is 0. The van der Waals surface area contributed by atoms with Gasteiger partial charge in [-0.05, 0) is 39.2 Å². The van der Waals surface area contributed by atoms with Gasteiger partial charge < -0.3 is 9.42 Å². The van der Waals surface area contributed by atoms with E-state index in [0.717, 1.165) is 60.8 Å². The van der Waals surface area contributed by atoms with E-state index in [4.69, 9.17) is 9.51 Å². The van der Waals surface area contributed by atoms with Gasteiger partial charge >= 0.3 is 0 Å². The van der Waals surface area contributed by atoms with Crippen molar-refractivity contribution in [3.8, 4) is 11.3 Å². The van der Waals surface area contributed by atoms with Gasteiger partial charge in [-0.1, -0.05) is 5.16 Å². The molecular weight excluding hydrogens is 356 g/mol. The van der Waals surface area contributed by atoms with Gasteiger partial charge in [0.15, 0.2) is 0 Å². The summed E-state index contributed by atoms with van der Waals surface area (Å²) in [6.07, 6.45) is 10.3. The molecular formula is C20H24N6O2. The Bertz CT molecular complexity index is 930. The van der Waals surface area contributed by atoms with Crippen molar-refractivity contribution in [1.82, 2.24) is 29.8 Å². The number of likely N-dealkylation sites (tertiary alicyclic amines) is 1. The SMILES string of the molecule is Cc1noc(C)c1-c1cncc(C2CCCN2C(=O)CCCn2cccn2)n1. The molecule has 1 aliphatic heterocycles. The topological polar surface area (TPSA) is 89.9 Å². The Balaban J connectivity index is 1.47. The third-order valence-electron chi connectivity index (χ3n) is 5.19. The third kappa shape index (κ3) is 3.67. The number of hydrogen-bond acceptors (Lipinski definition) is 6. The molecule has 1 aliphatic rings. The van der Waals surface area contributed by atoms with E-state index < -0.39 is 0 Å². The molecule has 8 heteroatoms. The molecule has 0 radical (unpaired) electrons. The molecule has 1 fully saturated rings. The lowest BCUT2D eigenvalue weighted by molar-refractivity contribution is -0.132. The summed E-state index contributed by atoms with van der Waals surface area (Å²) >= 11 is 0. The van der Waals surface area contributed by atoms with Gasteiger partial charge in [0.1, 0.15) is 5.76 Å². The second-order valence-corrected chi connectivity index (χ2v) is 7.15. The average molecular weight is 380 g/mol. The summed E-state index contributed by atoms with van der Waals surface area (Å²) in [5.74, 6) is 0.890. The Morgan fingerprint density at radius 3 is 2.96 bits per heavy atom. The molecule has 1 amide bonds. The highest BCUT2D eigenvalue weighted by Crippen LogP contribution is 2.33. The van der Waals surface area contributed by atoms with E-state index in [9.17, 15) is 4.79 Å². The predicted octanol–water partition coefficient (Wildman–Crippen LogP) is 3.09. The van der Waals surface area contributed by atoms with Crippen LogP contribution in [-0.4, -0.2) is 42.3 Å². The van der Waals surface area contributed by atoms with E-state index >= 15 is 0 Å². The van der Waals surface area contributed by atoms with Crippen molar-refractivity contribution in [1.29, 1.82) is 0 Å². The maximum atomic E-state index is 12.8. The van der Waals surface area contributed by atoms with Crippen LogP contribution < -0.4 is 0 Å². The van der Waals surface area contributed by atoms with E-state index in [1.165, 1.54) is 0 Å². The zero-order valence-corrected chi connectivity index (χ0v) is 16.2. The average Bonchev–Trinajstić information content (AvgIpc) is 3.43. The third-order valence-corrected chi connectivity index (χ3v) is 5.19. The number of amides is 1. The molecule has 0 spiro atoms. The minimum Gasteiger partial charge on any atom is -0.361 e. The van der Waals surface area contributed by atoms with E-state index in [1.807, 2.05) is 35.7 Å². The van der Waals surface area contributed by atoms with Crippen LogP contribution >= 0.6 is 0 Å². The van der Waals surface area contributed by atoms with Crippen molar-refractivity contribution in [2.24, 2.45) is 0 Å². The number of aromatic nitrogens is 5. The Morgan fingerprint density at radius 1 is 1.32 bits per heavy atom. The predicted molar refractivity (Wildman–Crippen MR) is 102 cm³/mol. The standard InChI is InChI=1S/C20H24N6O2/c1-14-20(15(2)28-24-14)17-13-21-12-16(23-17)18-6-3-11-26(18)19(27)7-4-9-25-10-5-8-22-25/h5,8,10,12-13,18H,3-4,6-7,9,11H2,1-2H3. The van der Waals surface area contributed by atoms with Crippen molar-refractivity contribution >= 4 is 5.91 Å².